The van der Waals surface area contributed by atoms with E-state index in [9.17, 15) is 4.39 Å². The Hall–Kier alpha value is -2.44. The molecule has 0 radical (unpaired) electrons. The molecule has 25 heavy (non-hydrogen) atoms. The van der Waals surface area contributed by atoms with Crippen LogP contribution in [0, 0.1) is 12.7 Å². The minimum atomic E-state index is -0.375. The maximum atomic E-state index is 13.7. The second-order valence-corrected chi connectivity index (χ2v) is 6.49. The Morgan fingerprint density at radius 3 is 2.76 bits per heavy atom. The molecule has 0 aliphatic rings. The third-order valence-corrected chi connectivity index (χ3v) is 4.54. The summed E-state index contributed by atoms with van der Waals surface area (Å²) >= 11 is 7.48. The monoisotopic (exact) mass is 375 g/mol. The smallest absolute Gasteiger partial charge is 0.203 e. The van der Waals surface area contributed by atoms with Gasteiger partial charge in [0.25, 0.3) is 0 Å². The molecule has 0 spiro atoms. The van der Waals surface area contributed by atoms with Crippen molar-refractivity contribution in [2.75, 3.05) is 5.43 Å². The Kier molecular flexibility index (Phi) is 5.63. The van der Waals surface area contributed by atoms with Crippen molar-refractivity contribution in [2.45, 2.75) is 13.5 Å². The average molecular weight is 376 g/mol. The maximum absolute atomic E-state index is 13.7. The number of rotatable bonds is 6. The topological polar surface area (TPSA) is 46.5 Å². The van der Waals surface area contributed by atoms with Gasteiger partial charge in [-0.25, -0.2) is 9.37 Å². The van der Waals surface area contributed by atoms with Gasteiger partial charge >= 0.3 is 0 Å². The quantitative estimate of drug-likeness (QED) is 0.471. The fourth-order valence-corrected chi connectivity index (χ4v) is 2.90. The Balaban J connectivity index is 1.57. The van der Waals surface area contributed by atoms with Gasteiger partial charge in [0.15, 0.2) is 0 Å². The van der Waals surface area contributed by atoms with E-state index < -0.39 is 0 Å². The van der Waals surface area contributed by atoms with E-state index in [4.69, 9.17) is 16.3 Å². The zero-order valence-electron chi connectivity index (χ0n) is 13.4. The normalized spacial score (nSPS) is 11.0. The van der Waals surface area contributed by atoms with Crippen molar-refractivity contribution in [3.63, 3.8) is 0 Å². The third kappa shape index (κ3) is 4.78. The van der Waals surface area contributed by atoms with E-state index in [0.29, 0.717) is 16.3 Å². The van der Waals surface area contributed by atoms with Crippen LogP contribution < -0.4 is 10.2 Å². The largest absolute Gasteiger partial charge is 0.489 e. The van der Waals surface area contributed by atoms with Crippen molar-refractivity contribution in [1.29, 1.82) is 0 Å². The number of anilines is 1. The summed E-state index contributed by atoms with van der Waals surface area (Å²) in [5, 5.41) is 7.19. The first-order valence-electron chi connectivity index (χ1n) is 7.49. The van der Waals surface area contributed by atoms with E-state index in [1.54, 1.807) is 30.5 Å². The lowest BCUT2D eigenvalue weighted by Gasteiger charge is -2.08. The summed E-state index contributed by atoms with van der Waals surface area (Å²) in [5.74, 6) is 0.250. The summed E-state index contributed by atoms with van der Waals surface area (Å²) in [6, 6.07) is 11.9. The number of ether oxygens (including phenoxy) is 1. The SMILES string of the molecule is Cc1csc(NN=Cc2ccc(OCc3c(F)cccc3Cl)cc2)n1. The highest BCUT2D eigenvalue weighted by Crippen LogP contribution is 2.21. The van der Waals surface area contributed by atoms with Crippen molar-refractivity contribution >= 4 is 34.3 Å². The fraction of sp³-hybridized carbons (Fsp3) is 0.111. The molecule has 0 amide bonds. The predicted octanol–water partition coefficient (Wildman–Crippen LogP) is 5.27. The molecule has 1 aromatic heterocycles. The molecular formula is C18H15ClFN3OS. The average Bonchev–Trinajstić information content (AvgIpc) is 3.01. The van der Waals surface area contributed by atoms with Crippen LogP contribution in [-0.2, 0) is 6.61 Å². The highest BCUT2D eigenvalue weighted by atomic mass is 35.5. The molecule has 0 bridgehead atoms. The van der Waals surface area contributed by atoms with Gasteiger partial charge in [-0.3, -0.25) is 5.43 Å². The van der Waals surface area contributed by atoms with Crippen molar-refractivity contribution < 1.29 is 9.13 Å². The van der Waals surface area contributed by atoms with Gasteiger partial charge in [-0.15, -0.1) is 11.3 Å². The Morgan fingerprint density at radius 2 is 2.08 bits per heavy atom. The third-order valence-electron chi connectivity index (χ3n) is 3.32. The molecule has 1 heterocycles. The molecular weight excluding hydrogens is 361 g/mol. The predicted molar refractivity (Wildman–Crippen MR) is 100 cm³/mol. The zero-order chi connectivity index (χ0) is 17.6. The van der Waals surface area contributed by atoms with Gasteiger partial charge in [-0.1, -0.05) is 17.7 Å². The number of aromatic nitrogens is 1. The van der Waals surface area contributed by atoms with Gasteiger partial charge < -0.3 is 4.74 Å². The van der Waals surface area contributed by atoms with Crippen LogP contribution in [0.2, 0.25) is 5.02 Å². The molecule has 0 saturated heterocycles. The van der Waals surface area contributed by atoms with Gasteiger partial charge in [-0.05, 0) is 48.9 Å². The number of nitrogens with zero attached hydrogens (tertiary/aromatic N) is 2. The van der Waals surface area contributed by atoms with E-state index in [0.717, 1.165) is 16.4 Å². The summed E-state index contributed by atoms with van der Waals surface area (Å²) < 4.78 is 19.3. The number of hydrazone groups is 1. The minimum Gasteiger partial charge on any atom is -0.489 e. The zero-order valence-corrected chi connectivity index (χ0v) is 14.9. The first-order chi connectivity index (χ1) is 12.1. The van der Waals surface area contributed by atoms with Gasteiger partial charge in [0, 0.05) is 10.9 Å². The number of nitrogens with one attached hydrogen (secondary N) is 1. The lowest BCUT2D eigenvalue weighted by molar-refractivity contribution is 0.300. The summed E-state index contributed by atoms with van der Waals surface area (Å²) in [6.45, 7) is 2.00. The number of halogens is 2. The number of hydrogen-bond donors (Lipinski definition) is 1. The number of benzene rings is 2. The molecule has 2 aromatic carbocycles. The van der Waals surface area contributed by atoms with Gasteiger partial charge in [0.2, 0.25) is 5.13 Å². The lowest BCUT2D eigenvalue weighted by Crippen LogP contribution is -1.99. The molecule has 0 unspecified atom stereocenters. The fourth-order valence-electron chi connectivity index (χ4n) is 2.04. The maximum Gasteiger partial charge on any atom is 0.203 e. The first kappa shape index (κ1) is 17.4. The molecule has 0 aliphatic carbocycles. The number of hydrogen-bond acceptors (Lipinski definition) is 5. The molecule has 3 aromatic rings. The first-order valence-corrected chi connectivity index (χ1v) is 8.74. The Bertz CT molecular complexity index is 860. The molecule has 1 N–H and O–H groups in total. The molecule has 128 valence electrons. The van der Waals surface area contributed by atoms with E-state index in [2.05, 4.69) is 15.5 Å². The molecule has 0 atom stereocenters. The molecule has 4 nitrogen and oxygen atoms in total. The van der Waals surface area contributed by atoms with E-state index >= 15 is 0 Å². The molecule has 3 rings (SSSR count). The Labute approximate surface area is 153 Å². The van der Waals surface area contributed by atoms with Crippen LogP contribution in [0.4, 0.5) is 9.52 Å². The standard InChI is InChI=1S/C18H15ClFN3OS/c1-12-11-25-18(22-12)23-21-9-13-5-7-14(8-6-13)24-10-15-16(19)3-2-4-17(15)20/h2-9,11H,10H2,1H3,(H,22,23). The molecule has 0 fully saturated rings. The summed E-state index contributed by atoms with van der Waals surface area (Å²) in [6.07, 6.45) is 1.69. The van der Waals surface area contributed by atoms with Gasteiger partial charge in [0.1, 0.15) is 18.2 Å². The second-order valence-electron chi connectivity index (χ2n) is 5.22. The molecule has 7 heteroatoms. The van der Waals surface area contributed by atoms with E-state index in [-0.39, 0.29) is 12.4 Å². The van der Waals surface area contributed by atoms with E-state index in [1.165, 1.54) is 17.4 Å². The molecule has 0 aliphatic heterocycles. The van der Waals surface area contributed by atoms with Crippen molar-refractivity contribution in [3.8, 4) is 5.75 Å². The number of aryl methyl sites for hydroxylation is 1. The van der Waals surface area contributed by atoms with Crippen LogP contribution in [0.5, 0.6) is 5.75 Å². The van der Waals surface area contributed by atoms with Crippen molar-refractivity contribution in [3.05, 3.63) is 75.5 Å². The summed E-state index contributed by atoms with van der Waals surface area (Å²) in [5.41, 5.74) is 5.08. The van der Waals surface area contributed by atoms with Gasteiger partial charge in [-0.2, -0.15) is 5.10 Å². The van der Waals surface area contributed by atoms with Crippen molar-refractivity contribution in [1.82, 2.24) is 4.98 Å². The summed E-state index contributed by atoms with van der Waals surface area (Å²) in [4.78, 5) is 4.26. The molecule has 0 saturated carbocycles. The van der Waals surface area contributed by atoms with Crippen LogP contribution in [0.3, 0.4) is 0 Å². The minimum absolute atomic E-state index is 0.0733. The van der Waals surface area contributed by atoms with Crippen LogP contribution in [0.25, 0.3) is 0 Å². The van der Waals surface area contributed by atoms with Gasteiger partial charge in [0.05, 0.1) is 16.9 Å². The number of thiazole rings is 1. The van der Waals surface area contributed by atoms with Crippen LogP contribution in [0.1, 0.15) is 16.8 Å². The lowest BCUT2D eigenvalue weighted by atomic mass is 10.2. The van der Waals surface area contributed by atoms with Crippen LogP contribution in [-0.4, -0.2) is 11.2 Å². The highest BCUT2D eigenvalue weighted by Gasteiger charge is 2.07. The second kappa shape index (κ2) is 8.09. The van der Waals surface area contributed by atoms with Crippen molar-refractivity contribution in [2.24, 2.45) is 5.10 Å². The van der Waals surface area contributed by atoms with Crippen LogP contribution in [0.15, 0.2) is 52.9 Å². The highest BCUT2D eigenvalue weighted by molar-refractivity contribution is 7.13. The summed E-state index contributed by atoms with van der Waals surface area (Å²) in [7, 11) is 0. The Morgan fingerprint density at radius 1 is 1.28 bits per heavy atom. The van der Waals surface area contributed by atoms with E-state index in [1.807, 2.05) is 24.4 Å². The van der Waals surface area contributed by atoms with Crippen LogP contribution >= 0.6 is 22.9 Å².